The van der Waals surface area contributed by atoms with Gasteiger partial charge in [-0.3, -0.25) is 9.59 Å². The van der Waals surface area contributed by atoms with Crippen LogP contribution in [-0.4, -0.2) is 28.7 Å². The van der Waals surface area contributed by atoms with Crippen molar-refractivity contribution in [2.24, 2.45) is 0 Å². The molecule has 1 heterocycles. The van der Waals surface area contributed by atoms with Gasteiger partial charge >= 0.3 is 0 Å². The fraction of sp³-hybridized carbons (Fsp3) is 0.467. The molecule has 102 valence electrons. The van der Waals surface area contributed by atoms with Gasteiger partial charge < -0.3 is 4.90 Å². The highest BCUT2D eigenvalue weighted by Crippen LogP contribution is 2.26. The maximum absolute atomic E-state index is 13.2. The van der Waals surface area contributed by atoms with Crippen molar-refractivity contribution in [2.45, 2.75) is 39.2 Å². The summed E-state index contributed by atoms with van der Waals surface area (Å²) in [6, 6.07) is 4.67. The Hall–Kier alpha value is -1.71. The molecule has 3 nitrogen and oxygen atoms in total. The second-order valence-corrected chi connectivity index (χ2v) is 5.54. The van der Waals surface area contributed by atoms with Crippen molar-refractivity contribution in [1.82, 2.24) is 4.90 Å². The van der Waals surface area contributed by atoms with E-state index in [4.69, 9.17) is 0 Å². The number of benzene rings is 1. The topological polar surface area (TPSA) is 37.4 Å². The molecule has 0 saturated carbocycles. The molecule has 0 bridgehead atoms. The summed E-state index contributed by atoms with van der Waals surface area (Å²) < 4.78 is 13.2. The van der Waals surface area contributed by atoms with Gasteiger partial charge in [0, 0.05) is 13.0 Å². The van der Waals surface area contributed by atoms with Gasteiger partial charge in [-0.15, -0.1) is 0 Å². The van der Waals surface area contributed by atoms with Crippen molar-refractivity contribution in [2.75, 3.05) is 6.54 Å². The third kappa shape index (κ3) is 2.53. The van der Waals surface area contributed by atoms with E-state index in [1.54, 1.807) is 37.8 Å². The molecular weight excluding hydrogens is 245 g/mol. The minimum absolute atomic E-state index is 0.0816. The van der Waals surface area contributed by atoms with E-state index in [1.807, 2.05) is 0 Å². The van der Waals surface area contributed by atoms with Gasteiger partial charge in [-0.05, 0) is 38.0 Å². The van der Waals surface area contributed by atoms with Crippen LogP contribution in [0, 0.1) is 12.7 Å². The number of carbonyl (C=O) groups excluding carboxylic acids is 2. The van der Waals surface area contributed by atoms with Gasteiger partial charge in [-0.25, -0.2) is 4.39 Å². The lowest BCUT2D eigenvalue weighted by atomic mass is 9.99. The van der Waals surface area contributed by atoms with Gasteiger partial charge in [-0.2, -0.15) is 0 Å². The van der Waals surface area contributed by atoms with Crippen LogP contribution in [0.1, 0.15) is 31.4 Å². The fourth-order valence-corrected chi connectivity index (χ4v) is 2.47. The standard InChI is InChI=1S/C15H18FNO2/c1-10-8-11(4-5-12(10)16)9-14(19)17-7-6-13(18)15(17,2)3/h4-5,8H,6-7,9H2,1-3H3. The number of ketones is 1. The summed E-state index contributed by atoms with van der Waals surface area (Å²) in [5.74, 6) is -0.258. The van der Waals surface area contributed by atoms with E-state index >= 15 is 0 Å². The van der Waals surface area contributed by atoms with Crippen molar-refractivity contribution >= 4 is 11.7 Å². The van der Waals surface area contributed by atoms with E-state index in [9.17, 15) is 14.0 Å². The zero-order chi connectivity index (χ0) is 14.2. The molecule has 1 aromatic rings. The molecule has 1 aromatic carbocycles. The van der Waals surface area contributed by atoms with Gasteiger partial charge in [0.05, 0.1) is 12.0 Å². The van der Waals surface area contributed by atoms with Crippen LogP contribution in [0.5, 0.6) is 0 Å². The molecule has 2 rings (SSSR count). The number of amides is 1. The van der Waals surface area contributed by atoms with Crippen LogP contribution >= 0.6 is 0 Å². The number of carbonyl (C=O) groups is 2. The number of rotatable bonds is 2. The Kier molecular flexibility index (Phi) is 3.43. The van der Waals surface area contributed by atoms with Crippen molar-refractivity contribution in [3.05, 3.63) is 35.1 Å². The average molecular weight is 263 g/mol. The van der Waals surface area contributed by atoms with Gasteiger partial charge in [-0.1, -0.05) is 12.1 Å². The average Bonchev–Trinajstić information content (AvgIpc) is 2.59. The second kappa shape index (κ2) is 4.76. The zero-order valence-corrected chi connectivity index (χ0v) is 11.5. The van der Waals surface area contributed by atoms with E-state index in [0.717, 1.165) is 5.56 Å². The summed E-state index contributed by atoms with van der Waals surface area (Å²) in [5, 5.41) is 0. The number of halogens is 1. The molecule has 0 radical (unpaired) electrons. The van der Waals surface area contributed by atoms with E-state index in [0.29, 0.717) is 18.5 Å². The van der Waals surface area contributed by atoms with Crippen LogP contribution in [-0.2, 0) is 16.0 Å². The number of hydrogen-bond donors (Lipinski definition) is 0. The molecule has 0 N–H and O–H groups in total. The van der Waals surface area contributed by atoms with Crippen LogP contribution in [0.2, 0.25) is 0 Å². The molecule has 1 aliphatic heterocycles. The Labute approximate surface area is 112 Å². The second-order valence-electron chi connectivity index (χ2n) is 5.54. The lowest BCUT2D eigenvalue weighted by Crippen LogP contribution is -2.46. The Morgan fingerprint density at radius 2 is 2.11 bits per heavy atom. The molecule has 4 heteroatoms. The normalized spacial score (nSPS) is 17.9. The van der Waals surface area contributed by atoms with Crippen LogP contribution in [0.25, 0.3) is 0 Å². The van der Waals surface area contributed by atoms with E-state index < -0.39 is 5.54 Å². The van der Waals surface area contributed by atoms with Gasteiger partial charge in [0.25, 0.3) is 0 Å². The lowest BCUT2D eigenvalue weighted by molar-refractivity contribution is -0.138. The van der Waals surface area contributed by atoms with Crippen molar-refractivity contribution in [3.63, 3.8) is 0 Å². The summed E-state index contributed by atoms with van der Waals surface area (Å²) >= 11 is 0. The van der Waals surface area contributed by atoms with Crippen LogP contribution in [0.4, 0.5) is 4.39 Å². The quantitative estimate of drug-likeness (QED) is 0.820. The molecule has 0 atom stereocenters. The van der Waals surface area contributed by atoms with Crippen molar-refractivity contribution in [3.8, 4) is 0 Å². The largest absolute Gasteiger partial charge is 0.330 e. The van der Waals surface area contributed by atoms with Crippen LogP contribution < -0.4 is 0 Å². The molecule has 0 unspecified atom stereocenters. The van der Waals surface area contributed by atoms with Crippen molar-refractivity contribution < 1.29 is 14.0 Å². The van der Waals surface area contributed by atoms with E-state index in [-0.39, 0.29) is 23.9 Å². The molecule has 0 aliphatic carbocycles. The fourth-order valence-electron chi connectivity index (χ4n) is 2.47. The first-order chi connectivity index (χ1) is 8.82. The van der Waals surface area contributed by atoms with Gasteiger partial charge in [0.1, 0.15) is 5.82 Å². The SMILES string of the molecule is Cc1cc(CC(=O)N2CCC(=O)C2(C)C)ccc1F. The summed E-state index contributed by atoms with van der Waals surface area (Å²) in [6.07, 6.45) is 0.624. The first-order valence-electron chi connectivity index (χ1n) is 6.41. The van der Waals surface area contributed by atoms with E-state index in [1.165, 1.54) is 6.07 Å². The molecule has 0 spiro atoms. The maximum atomic E-state index is 13.2. The van der Waals surface area contributed by atoms with Crippen LogP contribution in [0.15, 0.2) is 18.2 Å². The smallest absolute Gasteiger partial charge is 0.227 e. The minimum Gasteiger partial charge on any atom is -0.330 e. The minimum atomic E-state index is -0.716. The number of hydrogen-bond acceptors (Lipinski definition) is 2. The predicted molar refractivity (Wildman–Crippen MR) is 70.3 cm³/mol. The molecular formula is C15H18FNO2. The Bertz CT molecular complexity index is 537. The monoisotopic (exact) mass is 263 g/mol. The third-order valence-electron chi connectivity index (χ3n) is 3.80. The number of aryl methyl sites for hydroxylation is 1. The molecule has 0 aromatic heterocycles. The Morgan fingerprint density at radius 3 is 2.63 bits per heavy atom. The summed E-state index contributed by atoms with van der Waals surface area (Å²) in [4.78, 5) is 25.6. The summed E-state index contributed by atoms with van der Waals surface area (Å²) in [6.45, 7) is 5.70. The van der Waals surface area contributed by atoms with Crippen molar-refractivity contribution in [1.29, 1.82) is 0 Å². The van der Waals surface area contributed by atoms with Gasteiger partial charge in [0.15, 0.2) is 5.78 Å². The number of Topliss-reactive ketones (excluding diaryl/α,β-unsaturated/α-hetero) is 1. The molecule has 1 amide bonds. The Morgan fingerprint density at radius 1 is 1.42 bits per heavy atom. The molecule has 1 aliphatic rings. The number of nitrogens with zero attached hydrogens (tertiary/aromatic N) is 1. The molecule has 19 heavy (non-hydrogen) atoms. The third-order valence-corrected chi connectivity index (χ3v) is 3.80. The summed E-state index contributed by atoms with van der Waals surface area (Å²) in [7, 11) is 0. The maximum Gasteiger partial charge on any atom is 0.227 e. The molecule has 1 saturated heterocycles. The lowest BCUT2D eigenvalue weighted by Gasteiger charge is -2.30. The first kappa shape index (κ1) is 13.7. The summed E-state index contributed by atoms with van der Waals surface area (Å²) in [5.41, 5.74) is 0.590. The van der Waals surface area contributed by atoms with Gasteiger partial charge in [0.2, 0.25) is 5.91 Å². The Balaban J connectivity index is 2.13. The number of likely N-dealkylation sites (tertiary alicyclic amines) is 1. The highest BCUT2D eigenvalue weighted by atomic mass is 19.1. The van der Waals surface area contributed by atoms with Crippen LogP contribution in [0.3, 0.4) is 0 Å². The highest BCUT2D eigenvalue weighted by molar-refractivity contribution is 5.95. The highest BCUT2D eigenvalue weighted by Gasteiger charge is 2.42. The zero-order valence-electron chi connectivity index (χ0n) is 11.5. The molecule has 1 fully saturated rings. The predicted octanol–water partition coefficient (Wildman–Crippen LogP) is 2.26. The van der Waals surface area contributed by atoms with E-state index in [2.05, 4.69) is 0 Å². The first-order valence-corrected chi connectivity index (χ1v) is 6.41.